The molecule has 7 heteroatoms. The minimum Gasteiger partial charge on any atom is -0.496 e. The lowest BCUT2D eigenvalue weighted by molar-refractivity contribution is -0.122. The predicted molar refractivity (Wildman–Crippen MR) is 108 cm³/mol. The quantitative estimate of drug-likeness (QED) is 0.709. The average Bonchev–Trinajstić information content (AvgIpc) is 3.27. The second-order valence-electron chi connectivity index (χ2n) is 6.52. The average molecular weight is 395 g/mol. The Labute approximate surface area is 165 Å². The number of ether oxygens (including phenoxy) is 1. The highest BCUT2D eigenvalue weighted by atomic mass is 32.1. The topological polar surface area (TPSA) is 76.7 Å². The van der Waals surface area contributed by atoms with Crippen LogP contribution in [0, 0.1) is 12.7 Å². The van der Waals surface area contributed by atoms with Crippen LogP contribution in [0.3, 0.4) is 0 Å². The van der Waals surface area contributed by atoms with Gasteiger partial charge in [0.05, 0.1) is 7.11 Å². The molecule has 0 spiro atoms. The van der Waals surface area contributed by atoms with E-state index in [2.05, 4.69) is 10.3 Å². The van der Waals surface area contributed by atoms with Crippen LogP contribution in [-0.4, -0.2) is 19.0 Å². The molecule has 0 fully saturated rings. The van der Waals surface area contributed by atoms with Gasteiger partial charge in [-0.15, -0.1) is 11.3 Å². The van der Waals surface area contributed by atoms with Crippen molar-refractivity contribution >= 4 is 23.2 Å². The van der Waals surface area contributed by atoms with Crippen LogP contribution in [0.15, 0.2) is 59.6 Å². The monoisotopic (exact) mass is 395 g/mol. The van der Waals surface area contributed by atoms with Crippen molar-refractivity contribution in [2.75, 3.05) is 7.11 Å². The van der Waals surface area contributed by atoms with Crippen molar-refractivity contribution in [3.8, 4) is 16.2 Å². The molecule has 1 aliphatic rings. The Morgan fingerprint density at radius 1 is 1.14 bits per heavy atom. The molecule has 1 unspecified atom stereocenters. The van der Waals surface area contributed by atoms with Gasteiger partial charge in [-0.3, -0.25) is 10.1 Å². The fourth-order valence-electron chi connectivity index (χ4n) is 3.38. The molecule has 1 atom stereocenters. The molecule has 2 heterocycles. The first kappa shape index (κ1) is 18.2. The van der Waals surface area contributed by atoms with Gasteiger partial charge >= 0.3 is 0 Å². The molecule has 3 N–H and O–H groups in total. The first-order valence-corrected chi connectivity index (χ1v) is 9.44. The van der Waals surface area contributed by atoms with Gasteiger partial charge in [0, 0.05) is 9.75 Å². The zero-order valence-corrected chi connectivity index (χ0v) is 16.1. The molecule has 28 heavy (non-hydrogen) atoms. The zero-order chi connectivity index (χ0) is 19.9. The fraction of sp³-hybridized carbons (Fsp3) is 0.143. The smallest absolute Gasteiger partial charge is 0.264 e. The van der Waals surface area contributed by atoms with E-state index in [1.165, 1.54) is 23.5 Å². The molecule has 142 valence electrons. The van der Waals surface area contributed by atoms with Crippen LogP contribution in [0.1, 0.15) is 16.0 Å². The molecule has 1 aliphatic heterocycles. The van der Waals surface area contributed by atoms with E-state index in [1.54, 1.807) is 19.2 Å². The summed E-state index contributed by atoms with van der Waals surface area (Å²) in [4.78, 5) is 19.1. The Bertz CT molecular complexity index is 1090. The minimum absolute atomic E-state index is 0.0789. The van der Waals surface area contributed by atoms with E-state index < -0.39 is 5.54 Å². The summed E-state index contributed by atoms with van der Waals surface area (Å²) in [6, 6.07) is 15.5. The number of methoxy groups -OCH3 is 1. The van der Waals surface area contributed by atoms with Gasteiger partial charge in [-0.25, -0.2) is 9.38 Å². The van der Waals surface area contributed by atoms with Crippen molar-refractivity contribution < 1.29 is 13.9 Å². The second-order valence-corrected chi connectivity index (χ2v) is 7.60. The summed E-state index contributed by atoms with van der Waals surface area (Å²) in [6.45, 7) is 1.91. The summed E-state index contributed by atoms with van der Waals surface area (Å²) in [5.41, 5.74) is 7.07. The van der Waals surface area contributed by atoms with Gasteiger partial charge in [0.2, 0.25) is 5.54 Å². The normalized spacial score (nSPS) is 18.7. The first-order chi connectivity index (χ1) is 13.4. The van der Waals surface area contributed by atoms with Crippen molar-refractivity contribution in [2.24, 2.45) is 10.7 Å². The molecule has 1 aromatic heterocycles. The van der Waals surface area contributed by atoms with E-state index in [-0.39, 0.29) is 17.7 Å². The van der Waals surface area contributed by atoms with E-state index in [0.717, 1.165) is 26.6 Å². The van der Waals surface area contributed by atoms with Crippen LogP contribution in [-0.2, 0) is 10.3 Å². The van der Waals surface area contributed by atoms with Gasteiger partial charge in [-0.1, -0.05) is 18.2 Å². The summed E-state index contributed by atoms with van der Waals surface area (Å²) in [6.07, 6.45) is 0. The summed E-state index contributed by atoms with van der Waals surface area (Å²) in [5.74, 6) is 0.211. The number of nitrogens with two attached hydrogens (primary N) is 1. The highest BCUT2D eigenvalue weighted by molar-refractivity contribution is 7.15. The Morgan fingerprint density at radius 2 is 1.89 bits per heavy atom. The Morgan fingerprint density at radius 3 is 2.50 bits per heavy atom. The SMILES string of the molecule is COc1ccc(C2(c3ccc(-c4ccc(F)cc4)s3)N=C(N)NC2=O)cc1C. The van der Waals surface area contributed by atoms with Crippen molar-refractivity contribution in [3.63, 3.8) is 0 Å². The molecule has 0 saturated heterocycles. The van der Waals surface area contributed by atoms with E-state index >= 15 is 0 Å². The number of carbonyl (C=O) groups is 1. The van der Waals surface area contributed by atoms with Gasteiger partial charge in [0.1, 0.15) is 11.6 Å². The fourth-order valence-corrected chi connectivity index (χ4v) is 4.54. The van der Waals surface area contributed by atoms with Gasteiger partial charge in [0.25, 0.3) is 5.91 Å². The minimum atomic E-state index is -1.26. The Balaban J connectivity index is 1.86. The third kappa shape index (κ3) is 2.84. The highest BCUT2D eigenvalue weighted by Gasteiger charge is 2.48. The van der Waals surface area contributed by atoms with Crippen LogP contribution in [0.2, 0.25) is 0 Å². The second kappa shape index (κ2) is 6.76. The summed E-state index contributed by atoms with van der Waals surface area (Å²) >= 11 is 1.43. The summed E-state index contributed by atoms with van der Waals surface area (Å²) in [5, 5.41) is 2.62. The molecule has 0 bridgehead atoms. The van der Waals surface area contributed by atoms with Crippen LogP contribution >= 0.6 is 11.3 Å². The van der Waals surface area contributed by atoms with Gasteiger partial charge in [0.15, 0.2) is 5.96 Å². The number of benzene rings is 2. The van der Waals surface area contributed by atoms with E-state index in [4.69, 9.17) is 10.5 Å². The molecule has 1 amide bonds. The molecule has 4 rings (SSSR count). The number of hydrogen-bond donors (Lipinski definition) is 2. The maximum atomic E-state index is 13.2. The molecule has 0 radical (unpaired) electrons. The van der Waals surface area contributed by atoms with Crippen LogP contribution in [0.25, 0.3) is 10.4 Å². The number of aliphatic imine (C=N–C) groups is 1. The maximum Gasteiger partial charge on any atom is 0.264 e. The van der Waals surface area contributed by atoms with E-state index in [0.29, 0.717) is 5.56 Å². The van der Waals surface area contributed by atoms with Gasteiger partial charge < -0.3 is 10.5 Å². The van der Waals surface area contributed by atoms with E-state index in [1.807, 2.05) is 37.3 Å². The number of rotatable bonds is 4. The number of hydrogen-bond acceptors (Lipinski definition) is 5. The standard InChI is InChI=1S/C21H18FN3O2S/c1-12-11-14(5-8-16(12)27-2)21(19(26)24-20(23)25-21)18-10-9-17(28-18)13-3-6-15(22)7-4-13/h3-11H,1-2H3,(H3,23,24,25,26). The molecule has 0 aliphatic carbocycles. The van der Waals surface area contributed by atoms with Crippen molar-refractivity contribution in [2.45, 2.75) is 12.5 Å². The molecule has 3 aromatic rings. The van der Waals surface area contributed by atoms with E-state index in [9.17, 15) is 9.18 Å². The summed E-state index contributed by atoms with van der Waals surface area (Å²) < 4.78 is 18.6. The number of nitrogens with zero attached hydrogens (tertiary/aromatic N) is 1. The lowest BCUT2D eigenvalue weighted by atomic mass is 9.87. The van der Waals surface area contributed by atoms with Gasteiger partial charge in [-0.2, -0.15) is 0 Å². The molecule has 0 saturated carbocycles. The zero-order valence-electron chi connectivity index (χ0n) is 15.3. The summed E-state index contributed by atoms with van der Waals surface area (Å²) in [7, 11) is 1.60. The number of aryl methyl sites for hydroxylation is 1. The lowest BCUT2D eigenvalue weighted by Gasteiger charge is -2.23. The number of carbonyl (C=O) groups excluding carboxylic acids is 1. The highest BCUT2D eigenvalue weighted by Crippen LogP contribution is 2.43. The largest absolute Gasteiger partial charge is 0.496 e. The first-order valence-electron chi connectivity index (χ1n) is 8.62. The third-order valence-electron chi connectivity index (χ3n) is 4.76. The van der Waals surface area contributed by atoms with Crippen molar-refractivity contribution in [1.82, 2.24) is 5.32 Å². The Kier molecular flexibility index (Phi) is 4.39. The number of thiophene rings is 1. The van der Waals surface area contributed by atoms with Crippen molar-refractivity contribution in [3.05, 3.63) is 76.4 Å². The predicted octanol–water partition coefficient (Wildman–Crippen LogP) is 3.56. The molecular weight excluding hydrogens is 377 g/mol. The molecular formula is C21H18FN3O2S. The van der Waals surface area contributed by atoms with Crippen LogP contribution in [0.5, 0.6) is 5.75 Å². The number of amides is 1. The Hall–Kier alpha value is -3.19. The molecule has 5 nitrogen and oxygen atoms in total. The molecule has 2 aromatic carbocycles. The number of halogens is 1. The van der Waals surface area contributed by atoms with Gasteiger partial charge in [-0.05, 0) is 60.0 Å². The number of nitrogens with one attached hydrogen (secondary N) is 1. The van der Waals surface area contributed by atoms with Crippen LogP contribution < -0.4 is 15.8 Å². The maximum absolute atomic E-state index is 13.2. The van der Waals surface area contributed by atoms with Crippen LogP contribution in [0.4, 0.5) is 4.39 Å². The van der Waals surface area contributed by atoms with Crippen molar-refractivity contribution in [1.29, 1.82) is 0 Å². The number of guanidine groups is 1. The lowest BCUT2D eigenvalue weighted by Crippen LogP contribution is -2.39. The third-order valence-corrected chi connectivity index (χ3v) is 6.01.